The summed E-state index contributed by atoms with van der Waals surface area (Å²) in [6, 6.07) is 9.44. The van der Waals surface area contributed by atoms with Crippen LogP contribution in [0.2, 0.25) is 0 Å². The molecule has 24 heavy (non-hydrogen) atoms. The summed E-state index contributed by atoms with van der Waals surface area (Å²) in [5.74, 6) is 0. The molecule has 0 spiro atoms. The normalized spacial score (nSPS) is 15.8. The van der Waals surface area contributed by atoms with Gasteiger partial charge in [-0.2, -0.15) is 0 Å². The third-order valence-corrected chi connectivity index (χ3v) is 5.46. The zero-order valence-electron chi connectivity index (χ0n) is 13.8. The summed E-state index contributed by atoms with van der Waals surface area (Å²) in [6.45, 7) is 4.62. The van der Waals surface area contributed by atoms with Crippen LogP contribution in [0.15, 0.2) is 40.3 Å². The minimum atomic E-state index is -0.266. The van der Waals surface area contributed by atoms with Crippen LogP contribution in [0.3, 0.4) is 0 Å². The molecule has 0 unspecified atom stereocenters. The number of hydrogen-bond acceptors (Lipinski definition) is 5. The first-order chi connectivity index (χ1) is 11.0. The minimum Gasteiger partial charge on any atom is -0.742 e. The molecule has 3 aromatic rings. The van der Waals surface area contributed by atoms with Gasteiger partial charge in [0.15, 0.2) is 0 Å². The van der Waals surface area contributed by atoms with E-state index in [1.165, 1.54) is 15.9 Å². The van der Waals surface area contributed by atoms with Gasteiger partial charge in [0.25, 0.3) is 5.56 Å². The van der Waals surface area contributed by atoms with Gasteiger partial charge in [0.2, 0.25) is 0 Å². The van der Waals surface area contributed by atoms with Crippen LogP contribution in [0.4, 0.5) is 0 Å². The number of aromatic nitrogens is 2. The maximum atomic E-state index is 13.1. The van der Waals surface area contributed by atoms with Gasteiger partial charge in [-0.15, -0.1) is 11.3 Å². The molecule has 0 amide bonds. The van der Waals surface area contributed by atoms with Gasteiger partial charge in [-0.25, -0.2) is 4.98 Å². The van der Waals surface area contributed by atoms with Crippen LogP contribution in [0.25, 0.3) is 15.9 Å². The molecule has 7 heteroatoms. The fourth-order valence-electron chi connectivity index (χ4n) is 2.98. The van der Waals surface area contributed by atoms with Gasteiger partial charge in [-0.3, -0.25) is 9.36 Å². The molecule has 0 saturated carbocycles. The summed E-state index contributed by atoms with van der Waals surface area (Å²) >= 11 is 6.88. The molecular weight excluding hydrogens is 351 g/mol. The predicted molar refractivity (Wildman–Crippen MR) is 93.4 cm³/mol. The number of para-hydroxylation sites is 1. The van der Waals surface area contributed by atoms with Crippen LogP contribution in [-0.4, -0.2) is 15.2 Å². The molecule has 3 heterocycles. The van der Waals surface area contributed by atoms with Crippen molar-refractivity contribution in [3.05, 3.63) is 51.1 Å². The number of fused-ring (bicyclic) bond motifs is 3. The Morgan fingerprint density at radius 1 is 1.29 bits per heavy atom. The summed E-state index contributed by atoms with van der Waals surface area (Å²) in [5, 5.41) is 0.992. The SMILES string of the molecule is CC1(C)Cc2c(sc3nc([S-])n(-c4ccccc4)c(=O)c23)CO1.[Na+]. The topological polar surface area (TPSA) is 44.1 Å². The van der Waals surface area contributed by atoms with Crippen molar-refractivity contribution in [1.29, 1.82) is 0 Å². The molecule has 2 aromatic heterocycles. The van der Waals surface area contributed by atoms with Gasteiger partial charge in [-0.1, -0.05) is 18.2 Å². The van der Waals surface area contributed by atoms with E-state index in [-0.39, 0.29) is 40.7 Å². The van der Waals surface area contributed by atoms with Crippen LogP contribution < -0.4 is 35.1 Å². The predicted octanol–water partition coefficient (Wildman–Crippen LogP) is 0.208. The first-order valence-electron chi connectivity index (χ1n) is 7.40. The molecule has 0 bridgehead atoms. The number of nitrogens with zero attached hydrogens (tertiary/aromatic N) is 2. The number of thiophene rings is 1. The van der Waals surface area contributed by atoms with E-state index in [0.29, 0.717) is 23.6 Å². The number of benzene rings is 1. The smallest absolute Gasteiger partial charge is 0.742 e. The third-order valence-electron chi connectivity index (χ3n) is 4.09. The van der Waals surface area contributed by atoms with Crippen LogP contribution >= 0.6 is 11.3 Å². The molecule has 118 valence electrons. The van der Waals surface area contributed by atoms with Crippen molar-refractivity contribution in [2.24, 2.45) is 0 Å². The third kappa shape index (κ3) is 2.96. The molecule has 0 saturated heterocycles. The molecule has 1 aromatic carbocycles. The van der Waals surface area contributed by atoms with Gasteiger partial charge in [0, 0.05) is 17.0 Å². The van der Waals surface area contributed by atoms with Crippen molar-refractivity contribution in [3.63, 3.8) is 0 Å². The molecular formula is C17H15N2NaO2S2. The van der Waals surface area contributed by atoms with Crippen molar-refractivity contribution in [2.75, 3.05) is 0 Å². The van der Waals surface area contributed by atoms with E-state index in [0.717, 1.165) is 21.0 Å². The van der Waals surface area contributed by atoms with Crippen LogP contribution in [-0.2, 0) is 30.4 Å². The van der Waals surface area contributed by atoms with E-state index in [2.05, 4.69) is 4.98 Å². The van der Waals surface area contributed by atoms with Crippen molar-refractivity contribution in [1.82, 2.24) is 9.55 Å². The van der Waals surface area contributed by atoms with Crippen molar-refractivity contribution in [2.45, 2.75) is 37.6 Å². The molecule has 0 radical (unpaired) electrons. The number of rotatable bonds is 1. The first-order valence-corrected chi connectivity index (χ1v) is 8.62. The average molecular weight is 366 g/mol. The average Bonchev–Trinajstić information content (AvgIpc) is 2.84. The first kappa shape index (κ1) is 18.0. The Balaban J connectivity index is 0.00000169. The van der Waals surface area contributed by atoms with Crippen LogP contribution in [0, 0.1) is 0 Å². The second-order valence-electron chi connectivity index (χ2n) is 6.28. The Labute approximate surface area is 171 Å². The molecule has 0 fully saturated rings. The Morgan fingerprint density at radius 3 is 2.71 bits per heavy atom. The second kappa shape index (κ2) is 6.52. The van der Waals surface area contributed by atoms with E-state index >= 15 is 0 Å². The zero-order chi connectivity index (χ0) is 16.2. The standard InChI is InChI=1S/C17H16N2O2S2.Na/c1-17(2)8-11-12(9-21-17)23-14-13(11)15(20)19(16(22)18-14)10-6-4-3-5-7-10;/h3-7H,8-9H2,1-2H3,(H,18,22);/q;+1/p-1. The van der Waals surface area contributed by atoms with Crippen molar-refractivity contribution < 1.29 is 34.3 Å². The van der Waals surface area contributed by atoms with Gasteiger partial charge in [0.05, 0.1) is 17.6 Å². The summed E-state index contributed by atoms with van der Waals surface area (Å²) in [5.41, 5.74) is 1.47. The molecule has 0 atom stereocenters. The fourth-order valence-corrected chi connectivity index (χ4v) is 4.41. The Hall–Kier alpha value is -0.760. The maximum Gasteiger partial charge on any atom is 1.00 e. The van der Waals surface area contributed by atoms with E-state index in [9.17, 15) is 4.79 Å². The number of ether oxygens (including phenoxy) is 1. The van der Waals surface area contributed by atoms with Crippen molar-refractivity contribution >= 4 is 34.2 Å². The Kier molecular flexibility index (Phi) is 4.90. The Bertz CT molecular complexity index is 964. The molecule has 0 N–H and O–H groups in total. The Morgan fingerprint density at radius 2 is 2.00 bits per heavy atom. The van der Waals surface area contributed by atoms with E-state index in [1.54, 1.807) is 0 Å². The summed E-state index contributed by atoms with van der Waals surface area (Å²) in [6.07, 6.45) is 0.713. The van der Waals surface area contributed by atoms with Crippen LogP contribution in [0.1, 0.15) is 24.3 Å². The molecule has 4 nitrogen and oxygen atoms in total. The van der Waals surface area contributed by atoms with Gasteiger partial charge >= 0.3 is 29.6 Å². The van der Waals surface area contributed by atoms with Crippen LogP contribution in [0.5, 0.6) is 0 Å². The quantitative estimate of drug-likeness (QED) is 0.351. The van der Waals surface area contributed by atoms with Gasteiger partial charge < -0.3 is 17.4 Å². The number of hydrogen-bond donors (Lipinski definition) is 0. The summed E-state index contributed by atoms with van der Waals surface area (Å²) in [7, 11) is 0. The van der Waals surface area contributed by atoms with E-state index < -0.39 is 0 Å². The maximum absolute atomic E-state index is 13.1. The molecule has 0 aliphatic carbocycles. The monoisotopic (exact) mass is 366 g/mol. The van der Waals surface area contributed by atoms with Crippen molar-refractivity contribution in [3.8, 4) is 5.69 Å². The zero-order valence-corrected chi connectivity index (χ0v) is 17.5. The summed E-state index contributed by atoms with van der Waals surface area (Å²) in [4.78, 5) is 19.4. The van der Waals surface area contributed by atoms with Gasteiger partial charge in [0.1, 0.15) is 4.83 Å². The largest absolute Gasteiger partial charge is 1.00 e. The summed E-state index contributed by atoms with van der Waals surface area (Å²) < 4.78 is 7.38. The molecule has 4 rings (SSSR count). The van der Waals surface area contributed by atoms with Gasteiger partial charge in [-0.05, 0) is 36.7 Å². The second-order valence-corrected chi connectivity index (χ2v) is 7.73. The molecule has 1 aliphatic rings. The fraction of sp³-hybridized carbons (Fsp3) is 0.294. The van der Waals surface area contributed by atoms with E-state index in [4.69, 9.17) is 17.4 Å². The van der Waals surface area contributed by atoms with E-state index in [1.807, 2.05) is 44.2 Å². The molecule has 1 aliphatic heterocycles. The minimum absolute atomic E-state index is 0.